The van der Waals surface area contributed by atoms with Gasteiger partial charge in [-0.15, -0.1) is 0 Å². The molecule has 0 radical (unpaired) electrons. The number of amides is 1. The van der Waals surface area contributed by atoms with Crippen molar-refractivity contribution in [3.05, 3.63) is 62.9 Å². The van der Waals surface area contributed by atoms with E-state index in [1.165, 1.54) is 24.3 Å². The Kier molecular flexibility index (Phi) is 5.50. The predicted octanol–water partition coefficient (Wildman–Crippen LogP) is 2.77. The summed E-state index contributed by atoms with van der Waals surface area (Å²) in [6.45, 7) is -0.647. The Morgan fingerprint density at radius 3 is 2.64 bits per heavy atom. The van der Waals surface area contributed by atoms with Crippen molar-refractivity contribution < 1.29 is 23.6 Å². The van der Waals surface area contributed by atoms with E-state index in [1.54, 1.807) is 0 Å². The molecule has 2 aromatic rings. The maximum atomic E-state index is 13.0. The number of nitrogen functional groups attached to an aromatic ring is 1. The summed E-state index contributed by atoms with van der Waals surface area (Å²) >= 11 is 5.58. The lowest BCUT2D eigenvalue weighted by Gasteiger charge is -2.07. The summed E-state index contributed by atoms with van der Waals surface area (Å²) in [4.78, 5) is 33.6. The number of nitro groups is 1. The number of nitrogens with two attached hydrogens (primary N) is 1. The summed E-state index contributed by atoms with van der Waals surface area (Å²) in [5.41, 5.74) is 4.97. The number of nitrogens with zero attached hydrogens (tertiary/aromatic N) is 1. The van der Waals surface area contributed by atoms with Crippen LogP contribution in [0.3, 0.4) is 0 Å². The molecule has 0 spiro atoms. The summed E-state index contributed by atoms with van der Waals surface area (Å²) in [5, 5.41) is 13.0. The first-order chi connectivity index (χ1) is 11.8. The standard InChI is InChI=1S/C15H11ClFN3O5/c16-10-6-9(2-3-11(10)17)19-14(21)7-25-15(22)8-1-4-12(18)13(5-8)20(23)24/h1-6H,7,18H2,(H,19,21). The second-order valence-electron chi connectivity index (χ2n) is 4.78. The molecule has 0 aliphatic heterocycles. The van der Waals surface area contributed by atoms with E-state index in [4.69, 9.17) is 22.1 Å². The molecular weight excluding hydrogens is 357 g/mol. The van der Waals surface area contributed by atoms with Gasteiger partial charge in [0.05, 0.1) is 15.5 Å². The highest BCUT2D eigenvalue weighted by Crippen LogP contribution is 2.23. The Bertz CT molecular complexity index is 859. The van der Waals surface area contributed by atoms with Crippen LogP contribution in [0.25, 0.3) is 0 Å². The monoisotopic (exact) mass is 367 g/mol. The first-order valence-corrected chi connectivity index (χ1v) is 7.11. The molecule has 0 saturated heterocycles. The third kappa shape index (κ3) is 4.64. The molecule has 0 atom stereocenters. The predicted molar refractivity (Wildman–Crippen MR) is 87.8 cm³/mol. The second-order valence-corrected chi connectivity index (χ2v) is 5.19. The van der Waals surface area contributed by atoms with Crippen molar-refractivity contribution in [3.8, 4) is 0 Å². The van der Waals surface area contributed by atoms with E-state index in [9.17, 15) is 24.1 Å². The fourth-order valence-electron chi connectivity index (χ4n) is 1.81. The number of anilines is 2. The Morgan fingerprint density at radius 2 is 2.00 bits per heavy atom. The van der Waals surface area contributed by atoms with E-state index >= 15 is 0 Å². The molecule has 3 N–H and O–H groups in total. The zero-order chi connectivity index (χ0) is 18.6. The number of carbonyl (C=O) groups excluding carboxylic acids is 2. The number of esters is 1. The molecule has 130 valence electrons. The Hall–Kier alpha value is -3.20. The van der Waals surface area contributed by atoms with Gasteiger partial charge in [0, 0.05) is 11.8 Å². The minimum atomic E-state index is -0.935. The maximum Gasteiger partial charge on any atom is 0.338 e. The molecule has 0 aromatic heterocycles. The highest BCUT2D eigenvalue weighted by molar-refractivity contribution is 6.31. The zero-order valence-electron chi connectivity index (χ0n) is 12.5. The van der Waals surface area contributed by atoms with Crippen LogP contribution in [-0.2, 0) is 9.53 Å². The van der Waals surface area contributed by atoms with Crippen LogP contribution in [0.4, 0.5) is 21.5 Å². The van der Waals surface area contributed by atoms with Gasteiger partial charge in [0.25, 0.3) is 11.6 Å². The van der Waals surface area contributed by atoms with Gasteiger partial charge in [-0.3, -0.25) is 14.9 Å². The van der Waals surface area contributed by atoms with Crippen LogP contribution in [0, 0.1) is 15.9 Å². The van der Waals surface area contributed by atoms with Crippen LogP contribution in [-0.4, -0.2) is 23.4 Å². The number of rotatable bonds is 5. The fraction of sp³-hybridized carbons (Fsp3) is 0.0667. The Labute approximate surface area is 145 Å². The topological polar surface area (TPSA) is 125 Å². The van der Waals surface area contributed by atoms with E-state index < -0.39 is 34.9 Å². The highest BCUT2D eigenvalue weighted by Gasteiger charge is 2.17. The first-order valence-electron chi connectivity index (χ1n) is 6.74. The largest absolute Gasteiger partial charge is 0.452 e. The molecule has 8 nitrogen and oxygen atoms in total. The number of hydrogen-bond acceptors (Lipinski definition) is 6. The van der Waals surface area contributed by atoms with Crippen molar-refractivity contribution in [1.29, 1.82) is 0 Å². The molecule has 1 amide bonds. The quantitative estimate of drug-likeness (QED) is 0.362. The van der Waals surface area contributed by atoms with Crippen LogP contribution in [0.5, 0.6) is 0 Å². The highest BCUT2D eigenvalue weighted by atomic mass is 35.5. The average Bonchev–Trinajstić information content (AvgIpc) is 2.56. The molecule has 2 rings (SSSR count). The molecule has 0 aliphatic carbocycles. The van der Waals surface area contributed by atoms with Gasteiger partial charge in [0.2, 0.25) is 0 Å². The molecular formula is C15H11ClFN3O5. The van der Waals surface area contributed by atoms with E-state index in [0.29, 0.717) is 0 Å². The molecule has 2 aromatic carbocycles. The lowest BCUT2D eigenvalue weighted by Crippen LogP contribution is -2.21. The number of ether oxygens (including phenoxy) is 1. The van der Waals surface area contributed by atoms with Gasteiger partial charge < -0.3 is 15.8 Å². The number of nitrogens with one attached hydrogen (secondary N) is 1. The second kappa shape index (κ2) is 7.58. The van der Waals surface area contributed by atoms with Crippen molar-refractivity contribution in [2.45, 2.75) is 0 Å². The number of halogens is 2. The van der Waals surface area contributed by atoms with Crippen LogP contribution in [0.15, 0.2) is 36.4 Å². The summed E-state index contributed by atoms with van der Waals surface area (Å²) in [6.07, 6.45) is 0. The summed E-state index contributed by atoms with van der Waals surface area (Å²) in [6, 6.07) is 6.93. The number of nitro benzene ring substituents is 1. The van der Waals surface area contributed by atoms with Crippen molar-refractivity contribution in [2.75, 3.05) is 17.7 Å². The molecule has 10 heteroatoms. The van der Waals surface area contributed by atoms with Crippen molar-refractivity contribution >= 4 is 40.5 Å². The molecule has 0 bridgehead atoms. The average molecular weight is 368 g/mol. The van der Waals surface area contributed by atoms with E-state index in [-0.39, 0.29) is 22.0 Å². The minimum absolute atomic E-state index is 0.104. The van der Waals surface area contributed by atoms with Gasteiger partial charge in [0.15, 0.2) is 6.61 Å². The molecule has 0 fully saturated rings. The first kappa shape index (κ1) is 18.1. The number of hydrogen-bond donors (Lipinski definition) is 2. The van der Waals surface area contributed by atoms with E-state index in [2.05, 4.69) is 5.32 Å². The summed E-state index contributed by atoms with van der Waals surface area (Å²) in [5.74, 6) is -2.27. The van der Waals surface area contributed by atoms with Crippen LogP contribution >= 0.6 is 11.6 Å². The van der Waals surface area contributed by atoms with Gasteiger partial charge in [-0.05, 0) is 30.3 Å². The third-order valence-corrected chi connectivity index (χ3v) is 3.29. The number of benzene rings is 2. The smallest absolute Gasteiger partial charge is 0.338 e. The molecule has 0 saturated carbocycles. The molecule has 0 aliphatic rings. The zero-order valence-corrected chi connectivity index (χ0v) is 13.2. The van der Waals surface area contributed by atoms with Gasteiger partial charge in [0.1, 0.15) is 11.5 Å². The van der Waals surface area contributed by atoms with Crippen molar-refractivity contribution in [3.63, 3.8) is 0 Å². The fourth-order valence-corrected chi connectivity index (χ4v) is 1.99. The SMILES string of the molecule is Nc1ccc(C(=O)OCC(=O)Nc2ccc(F)c(Cl)c2)cc1[N+](=O)[O-]. The minimum Gasteiger partial charge on any atom is -0.452 e. The lowest BCUT2D eigenvalue weighted by molar-refractivity contribution is -0.383. The third-order valence-electron chi connectivity index (χ3n) is 3.00. The maximum absolute atomic E-state index is 13.0. The van der Waals surface area contributed by atoms with Gasteiger partial charge in [-0.1, -0.05) is 11.6 Å². The van der Waals surface area contributed by atoms with Crippen LogP contribution in [0.1, 0.15) is 10.4 Å². The summed E-state index contributed by atoms with van der Waals surface area (Å²) in [7, 11) is 0. The summed E-state index contributed by atoms with van der Waals surface area (Å²) < 4.78 is 17.8. The van der Waals surface area contributed by atoms with Crippen molar-refractivity contribution in [1.82, 2.24) is 0 Å². The molecule has 0 unspecified atom stereocenters. The normalized spacial score (nSPS) is 10.2. The Morgan fingerprint density at radius 1 is 1.28 bits per heavy atom. The Balaban J connectivity index is 1.97. The lowest BCUT2D eigenvalue weighted by atomic mass is 10.2. The number of carbonyl (C=O) groups is 2. The van der Waals surface area contributed by atoms with Crippen molar-refractivity contribution in [2.24, 2.45) is 0 Å². The van der Waals surface area contributed by atoms with Gasteiger partial charge >= 0.3 is 5.97 Å². The van der Waals surface area contributed by atoms with E-state index in [1.807, 2.05) is 0 Å². The molecule has 25 heavy (non-hydrogen) atoms. The molecule has 0 heterocycles. The van der Waals surface area contributed by atoms with Gasteiger partial charge in [-0.2, -0.15) is 0 Å². The van der Waals surface area contributed by atoms with Crippen LogP contribution < -0.4 is 11.1 Å². The van der Waals surface area contributed by atoms with Gasteiger partial charge in [-0.25, -0.2) is 9.18 Å². The van der Waals surface area contributed by atoms with Crippen LogP contribution in [0.2, 0.25) is 5.02 Å². The van der Waals surface area contributed by atoms with E-state index in [0.717, 1.165) is 12.1 Å².